The first-order valence-electron chi connectivity index (χ1n) is 5.88. The number of nitrogens with two attached hydrogens (primary N) is 1. The molecule has 2 nitrogen and oxygen atoms in total. The monoisotopic (exact) mass is 243 g/mol. The van der Waals surface area contributed by atoms with Crippen LogP contribution in [0.1, 0.15) is 38.7 Å². The van der Waals surface area contributed by atoms with Crippen LogP contribution in [0.2, 0.25) is 0 Å². The summed E-state index contributed by atoms with van der Waals surface area (Å²) in [4.78, 5) is 0. The average molecular weight is 243 g/mol. The van der Waals surface area contributed by atoms with Gasteiger partial charge in [-0.15, -0.1) is 0 Å². The molecule has 0 saturated carbocycles. The van der Waals surface area contributed by atoms with Gasteiger partial charge < -0.3 is 10.5 Å². The molecule has 0 spiro atoms. The normalized spacial score (nSPS) is 11.2. The zero-order chi connectivity index (χ0) is 12.8. The number of hydrogen-bond donors (Lipinski definition) is 1. The first-order valence-corrected chi connectivity index (χ1v) is 5.88. The maximum Gasteiger partial charge on any atom is 0.267 e. The number of nitrogen functional groups attached to an aromatic ring is 1. The van der Waals surface area contributed by atoms with Gasteiger partial charge in [0.25, 0.3) is 6.43 Å². The molecule has 1 aromatic carbocycles. The molecule has 0 bridgehead atoms. The van der Waals surface area contributed by atoms with Crippen LogP contribution in [0, 0.1) is 5.92 Å². The number of ether oxygens (including phenoxy) is 1. The maximum atomic E-state index is 12.8. The van der Waals surface area contributed by atoms with Crippen LogP contribution in [0.5, 0.6) is 5.75 Å². The van der Waals surface area contributed by atoms with E-state index in [0.717, 1.165) is 12.8 Å². The third-order valence-electron chi connectivity index (χ3n) is 2.90. The number of benzene rings is 1. The van der Waals surface area contributed by atoms with Crippen LogP contribution in [0.3, 0.4) is 0 Å². The Bertz CT molecular complexity index is 351. The van der Waals surface area contributed by atoms with Crippen molar-refractivity contribution in [3.63, 3.8) is 0 Å². The van der Waals surface area contributed by atoms with Gasteiger partial charge >= 0.3 is 0 Å². The first-order chi connectivity index (χ1) is 8.08. The molecule has 0 unspecified atom stereocenters. The Kier molecular flexibility index (Phi) is 5.19. The SMILES string of the molecule is CCC(CC)COc1ccc(N)cc1C(F)F. The van der Waals surface area contributed by atoms with Crippen LogP contribution >= 0.6 is 0 Å². The first kappa shape index (κ1) is 13.7. The molecule has 2 N–H and O–H groups in total. The third-order valence-corrected chi connectivity index (χ3v) is 2.90. The van der Waals surface area contributed by atoms with Gasteiger partial charge in [-0.25, -0.2) is 8.78 Å². The molecule has 1 aromatic rings. The molecule has 0 aliphatic heterocycles. The van der Waals surface area contributed by atoms with Crippen molar-refractivity contribution < 1.29 is 13.5 Å². The summed E-state index contributed by atoms with van der Waals surface area (Å²) in [7, 11) is 0. The van der Waals surface area contributed by atoms with Gasteiger partial charge in [-0.05, 0) is 24.1 Å². The summed E-state index contributed by atoms with van der Waals surface area (Å²) in [5.74, 6) is 0.638. The molecule has 0 aliphatic carbocycles. The second-order valence-electron chi connectivity index (χ2n) is 4.09. The second kappa shape index (κ2) is 6.42. The summed E-state index contributed by atoms with van der Waals surface area (Å²) in [5, 5.41) is 0. The molecule has 4 heteroatoms. The highest BCUT2D eigenvalue weighted by atomic mass is 19.3. The molecule has 0 saturated heterocycles. The van der Waals surface area contributed by atoms with Gasteiger partial charge in [-0.1, -0.05) is 26.7 Å². The van der Waals surface area contributed by atoms with Crippen molar-refractivity contribution in [2.45, 2.75) is 33.1 Å². The summed E-state index contributed by atoms with van der Waals surface area (Å²) in [5.41, 5.74) is 5.68. The molecular weight excluding hydrogens is 224 g/mol. The van der Waals surface area contributed by atoms with E-state index in [1.165, 1.54) is 12.1 Å². The summed E-state index contributed by atoms with van der Waals surface area (Å²) in [6.07, 6.45) is -0.597. The lowest BCUT2D eigenvalue weighted by atomic mass is 10.1. The largest absolute Gasteiger partial charge is 0.493 e. The van der Waals surface area contributed by atoms with Crippen molar-refractivity contribution in [2.75, 3.05) is 12.3 Å². The Balaban J connectivity index is 2.76. The number of rotatable bonds is 6. The van der Waals surface area contributed by atoms with Crippen LogP contribution in [-0.4, -0.2) is 6.61 Å². The molecule has 0 radical (unpaired) electrons. The van der Waals surface area contributed by atoms with Gasteiger partial charge in [0.15, 0.2) is 0 Å². The lowest BCUT2D eigenvalue weighted by molar-refractivity contribution is 0.142. The maximum absolute atomic E-state index is 12.8. The molecule has 1 rings (SSSR count). The summed E-state index contributed by atoms with van der Waals surface area (Å²) in [6, 6.07) is 4.36. The Labute approximate surface area is 101 Å². The van der Waals surface area contributed by atoms with Crippen LogP contribution < -0.4 is 10.5 Å². The fraction of sp³-hybridized carbons (Fsp3) is 0.538. The average Bonchev–Trinajstić information content (AvgIpc) is 2.31. The second-order valence-corrected chi connectivity index (χ2v) is 4.09. The number of halogens is 2. The van der Waals surface area contributed by atoms with Crippen LogP contribution in [0.4, 0.5) is 14.5 Å². The number of alkyl halides is 2. The zero-order valence-corrected chi connectivity index (χ0v) is 10.2. The predicted octanol–water partition coefficient (Wildman–Crippen LogP) is 4.02. The van der Waals surface area contributed by atoms with Crippen molar-refractivity contribution >= 4 is 5.69 Å². The van der Waals surface area contributed by atoms with Gasteiger partial charge in [-0.3, -0.25) is 0 Å². The highest BCUT2D eigenvalue weighted by Gasteiger charge is 2.15. The quantitative estimate of drug-likeness (QED) is 0.766. The van der Waals surface area contributed by atoms with Gasteiger partial charge in [0.2, 0.25) is 0 Å². The molecule has 0 fully saturated rings. The molecular formula is C13H19F2NO. The van der Waals surface area contributed by atoms with Gasteiger partial charge in [0, 0.05) is 5.69 Å². The predicted molar refractivity (Wildman–Crippen MR) is 65.4 cm³/mol. The summed E-state index contributed by atoms with van der Waals surface area (Å²) < 4.78 is 31.0. The minimum atomic E-state index is -2.56. The molecule has 0 atom stereocenters. The van der Waals surface area contributed by atoms with Crippen LogP contribution in [0.15, 0.2) is 18.2 Å². The molecule has 17 heavy (non-hydrogen) atoms. The van der Waals surface area contributed by atoms with Gasteiger partial charge in [0.1, 0.15) is 5.75 Å². The van der Waals surface area contributed by atoms with E-state index in [2.05, 4.69) is 13.8 Å². The Hall–Kier alpha value is -1.32. The van der Waals surface area contributed by atoms with E-state index in [4.69, 9.17) is 10.5 Å². The molecule has 0 aliphatic rings. The van der Waals surface area contributed by atoms with E-state index >= 15 is 0 Å². The Morgan fingerprint density at radius 3 is 2.41 bits per heavy atom. The fourth-order valence-corrected chi connectivity index (χ4v) is 1.60. The molecule has 96 valence electrons. The van der Waals surface area contributed by atoms with E-state index in [0.29, 0.717) is 18.2 Å². The highest BCUT2D eigenvalue weighted by Crippen LogP contribution is 2.31. The molecule has 0 heterocycles. The minimum absolute atomic E-state index is 0.129. The molecule has 0 aromatic heterocycles. The fourth-order valence-electron chi connectivity index (χ4n) is 1.60. The van der Waals surface area contributed by atoms with Gasteiger partial charge in [-0.2, -0.15) is 0 Å². The van der Waals surface area contributed by atoms with Crippen LogP contribution in [-0.2, 0) is 0 Å². The topological polar surface area (TPSA) is 35.2 Å². The summed E-state index contributed by atoms with van der Waals surface area (Å²) in [6.45, 7) is 4.60. The van der Waals surface area contributed by atoms with E-state index < -0.39 is 6.43 Å². The van der Waals surface area contributed by atoms with E-state index in [1.54, 1.807) is 6.07 Å². The lowest BCUT2D eigenvalue weighted by Crippen LogP contribution is -2.11. The number of anilines is 1. The van der Waals surface area contributed by atoms with E-state index in [9.17, 15) is 8.78 Å². The van der Waals surface area contributed by atoms with Crippen molar-refractivity contribution in [3.8, 4) is 5.75 Å². The minimum Gasteiger partial charge on any atom is -0.493 e. The summed E-state index contributed by atoms with van der Waals surface area (Å²) >= 11 is 0. The van der Waals surface area contributed by atoms with Crippen molar-refractivity contribution in [3.05, 3.63) is 23.8 Å². The smallest absolute Gasteiger partial charge is 0.267 e. The van der Waals surface area contributed by atoms with Crippen molar-refractivity contribution in [1.82, 2.24) is 0 Å². The molecule has 0 amide bonds. The standard InChI is InChI=1S/C13H19F2NO/c1-3-9(4-2)8-17-12-6-5-10(16)7-11(12)13(14)15/h5-7,9,13H,3-4,8,16H2,1-2H3. The number of hydrogen-bond acceptors (Lipinski definition) is 2. The van der Waals surface area contributed by atoms with Crippen molar-refractivity contribution in [1.29, 1.82) is 0 Å². The highest BCUT2D eigenvalue weighted by molar-refractivity contribution is 5.48. The van der Waals surface area contributed by atoms with Crippen LogP contribution in [0.25, 0.3) is 0 Å². The van der Waals surface area contributed by atoms with E-state index in [-0.39, 0.29) is 11.3 Å². The zero-order valence-electron chi connectivity index (χ0n) is 10.2. The lowest BCUT2D eigenvalue weighted by Gasteiger charge is -2.16. The Morgan fingerprint density at radius 2 is 1.88 bits per heavy atom. The van der Waals surface area contributed by atoms with Crippen molar-refractivity contribution in [2.24, 2.45) is 5.92 Å². The Morgan fingerprint density at radius 1 is 1.24 bits per heavy atom. The van der Waals surface area contributed by atoms with E-state index in [1.807, 2.05) is 0 Å². The third kappa shape index (κ3) is 3.88. The van der Waals surface area contributed by atoms with Gasteiger partial charge in [0.05, 0.1) is 12.2 Å².